The van der Waals surface area contributed by atoms with E-state index in [4.69, 9.17) is 5.73 Å². The van der Waals surface area contributed by atoms with Crippen molar-refractivity contribution < 1.29 is 4.39 Å². The van der Waals surface area contributed by atoms with Crippen molar-refractivity contribution in [3.8, 4) is 0 Å². The molecule has 2 N–H and O–H groups in total. The van der Waals surface area contributed by atoms with Gasteiger partial charge in [0.05, 0.1) is 22.9 Å². The minimum absolute atomic E-state index is 0.207. The van der Waals surface area contributed by atoms with Gasteiger partial charge in [0.2, 0.25) is 0 Å². The molecular weight excluding hydrogens is 389 g/mol. The van der Waals surface area contributed by atoms with E-state index in [1.54, 1.807) is 17.0 Å². The highest BCUT2D eigenvalue weighted by Crippen LogP contribution is 2.17. The second kappa shape index (κ2) is 12.8. The van der Waals surface area contributed by atoms with Gasteiger partial charge in [0.15, 0.2) is 0 Å². The molecule has 3 heterocycles. The zero-order valence-electron chi connectivity index (χ0n) is 19.3. The van der Waals surface area contributed by atoms with E-state index in [1.807, 2.05) is 62.8 Å². The summed E-state index contributed by atoms with van der Waals surface area (Å²) in [5.74, 6) is -0.265. The molecule has 1 aromatic carbocycles. The van der Waals surface area contributed by atoms with E-state index in [0.29, 0.717) is 5.56 Å². The highest BCUT2D eigenvalue weighted by molar-refractivity contribution is 5.76. The van der Waals surface area contributed by atoms with E-state index >= 15 is 0 Å². The zero-order valence-corrected chi connectivity index (χ0v) is 19.3. The van der Waals surface area contributed by atoms with Gasteiger partial charge in [0.25, 0.3) is 0 Å². The van der Waals surface area contributed by atoms with Crippen LogP contribution in [0.1, 0.15) is 63.6 Å². The second-order valence-corrected chi connectivity index (χ2v) is 7.45. The number of rotatable bonds is 1. The number of aryl methyl sites for hydroxylation is 2. The fourth-order valence-electron chi connectivity index (χ4n) is 3.50. The molecule has 0 unspecified atom stereocenters. The van der Waals surface area contributed by atoms with E-state index in [9.17, 15) is 4.39 Å². The normalized spacial score (nSPS) is 12.8. The number of benzene rings is 1. The Kier molecular flexibility index (Phi) is 10.2. The minimum atomic E-state index is -0.265. The lowest BCUT2D eigenvalue weighted by Crippen LogP contribution is -1.99. The van der Waals surface area contributed by atoms with Gasteiger partial charge in [-0.1, -0.05) is 58.4 Å². The standard InChI is InChI=1S/C9H10FN3.C8H8N2.C6H12.C2H6/c1-13-5-12-8-2-6(4-11)7(10)3-9(8)13;1-7-3-2-4-8-5-6-9-10(7)8;1-2-4-6-5-3-1;1-2/h2-3,5H,4,11H2,1H3;2-6H,1H3;1-6H2;1-2H3. The van der Waals surface area contributed by atoms with Crippen molar-refractivity contribution >= 4 is 16.6 Å². The van der Waals surface area contributed by atoms with Crippen molar-refractivity contribution in [2.24, 2.45) is 12.8 Å². The van der Waals surface area contributed by atoms with Gasteiger partial charge in [-0.2, -0.15) is 5.10 Å². The first-order valence-electron chi connectivity index (χ1n) is 11.3. The van der Waals surface area contributed by atoms with E-state index in [-0.39, 0.29) is 12.4 Å². The van der Waals surface area contributed by atoms with E-state index in [2.05, 4.69) is 10.1 Å². The van der Waals surface area contributed by atoms with Gasteiger partial charge in [-0.05, 0) is 31.2 Å². The van der Waals surface area contributed by atoms with Gasteiger partial charge in [0.1, 0.15) is 5.82 Å². The highest BCUT2D eigenvalue weighted by atomic mass is 19.1. The maximum Gasteiger partial charge on any atom is 0.129 e. The molecule has 3 aromatic heterocycles. The van der Waals surface area contributed by atoms with Crippen LogP contribution in [0.3, 0.4) is 0 Å². The van der Waals surface area contributed by atoms with Crippen molar-refractivity contribution in [2.45, 2.75) is 65.8 Å². The molecule has 168 valence electrons. The number of pyridine rings is 1. The lowest BCUT2D eigenvalue weighted by atomic mass is 10.0. The molecular formula is C25H36FN5. The highest BCUT2D eigenvalue weighted by Gasteiger charge is 2.06. The number of hydrogen-bond acceptors (Lipinski definition) is 3. The summed E-state index contributed by atoms with van der Waals surface area (Å²) in [6.45, 7) is 6.25. The Morgan fingerprint density at radius 3 is 2.23 bits per heavy atom. The van der Waals surface area contributed by atoms with E-state index in [1.165, 1.54) is 50.3 Å². The molecule has 0 saturated heterocycles. The first kappa shape index (κ1) is 24.5. The molecule has 0 spiro atoms. The molecule has 5 rings (SSSR count). The van der Waals surface area contributed by atoms with Crippen LogP contribution in [0.2, 0.25) is 0 Å². The molecule has 0 atom stereocenters. The smallest absolute Gasteiger partial charge is 0.129 e. The van der Waals surface area contributed by atoms with Crippen LogP contribution in [0.15, 0.2) is 48.9 Å². The Bertz CT molecular complexity index is 1040. The van der Waals surface area contributed by atoms with E-state index < -0.39 is 0 Å². The van der Waals surface area contributed by atoms with E-state index in [0.717, 1.165) is 16.6 Å². The zero-order chi connectivity index (χ0) is 22.6. The average Bonchev–Trinajstić information content (AvgIpc) is 3.44. The van der Waals surface area contributed by atoms with Crippen LogP contribution >= 0.6 is 0 Å². The fourth-order valence-corrected chi connectivity index (χ4v) is 3.50. The summed E-state index contributed by atoms with van der Waals surface area (Å²) in [5, 5.41) is 4.13. The molecule has 1 aliphatic carbocycles. The van der Waals surface area contributed by atoms with Crippen molar-refractivity contribution in [3.63, 3.8) is 0 Å². The van der Waals surface area contributed by atoms with Crippen LogP contribution in [0.5, 0.6) is 0 Å². The first-order chi connectivity index (χ1) is 15.1. The number of fused-ring (bicyclic) bond motifs is 2. The van der Waals surface area contributed by atoms with Gasteiger partial charge in [-0.25, -0.2) is 13.9 Å². The monoisotopic (exact) mass is 425 g/mol. The van der Waals surface area contributed by atoms with Crippen LogP contribution in [-0.2, 0) is 13.6 Å². The molecule has 1 saturated carbocycles. The van der Waals surface area contributed by atoms with Crippen molar-refractivity contribution in [3.05, 3.63) is 66.0 Å². The number of halogens is 1. The SMILES string of the molecule is C1CCCCC1.CC.Cc1cccc2ccnn12.Cn1cnc2cc(CN)c(F)cc21. The fraction of sp³-hybridized carbons (Fsp3) is 0.440. The van der Waals surface area contributed by atoms with Gasteiger partial charge >= 0.3 is 0 Å². The molecule has 4 aromatic rings. The van der Waals surface area contributed by atoms with Crippen LogP contribution in [-0.4, -0.2) is 19.2 Å². The third-order valence-corrected chi connectivity index (χ3v) is 5.22. The average molecular weight is 426 g/mol. The van der Waals surface area contributed by atoms with Crippen molar-refractivity contribution in [1.29, 1.82) is 0 Å². The van der Waals surface area contributed by atoms with Gasteiger partial charge in [0, 0.05) is 37.1 Å². The molecule has 31 heavy (non-hydrogen) atoms. The van der Waals surface area contributed by atoms with Crippen LogP contribution in [0.4, 0.5) is 4.39 Å². The maximum absolute atomic E-state index is 13.3. The summed E-state index contributed by atoms with van der Waals surface area (Å²) in [7, 11) is 1.83. The summed E-state index contributed by atoms with van der Waals surface area (Å²) in [6, 6.07) is 11.3. The lowest BCUT2D eigenvalue weighted by Gasteiger charge is -2.05. The molecule has 0 amide bonds. The minimum Gasteiger partial charge on any atom is -0.334 e. The molecule has 1 aliphatic rings. The number of hydrogen-bond donors (Lipinski definition) is 1. The summed E-state index contributed by atoms with van der Waals surface area (Å²) in [6.07, 6.45) is 12.5. The summed E-state index contributed by atoms with van der Waals surface area (Å²) in [4.78, 5) is 4.11. The largest absolute Gasteiger partial charge is 0.334 e. The van der Waals surface area contributed by atoms with Gasteiger partial charge in [-0.3, -0.25) is 0 Å². The Morgan fingerprint density at radius 1 is 1.00 bits per heavy atom. The maximum atomic E-state index is 13.3. The van der Waals surface area contributed by atoms with Crippen LogP contribution in [0.25, 0.3) is 16.6 Å². The number of imidazole rings is 1. The molecule has 0 bridgehead atoms. The van der Waals surface area contributed by atoms with Crippen LogP contribution in [0, 0.1) is 12.7 Å². The summed E-state index contributed by atoms with van der Waals surface area (Å²) < 4.78 is 16.9. The molecule has 5 nitrogen and oxygen atoms in total. The second-order valence-electron chi connectivity index (χ2n) is 7.45. The number of nitrogens with zero attached hydrogens (tertiary/aromatic N) is 4. The first-order valence-corrected chi connectivity index (χ1v) is 11.3. The molecule has 1 fully saturated rings. The number of aromatic nitrogens is 4. The Labute approximate surface area is 185 Å². The topological polar surface area (TPSA) is 61.1 Å². The van der Waals surface area contributed by atoms with Gasteiger partial charge < -0.3 is 10.3 Å². The molecule has 0 aliphatic heterocycles. The van der Waals surface area contributed by atoms with Crippen molar-refractivity contribution in [2.75, 3.05) is 0 Å². The summed E-state index contributed by atoms with van der Waals surface area (Å²) >= 11 is 0. The Balaban J connectivity index is 0.000000168. The number of nitrogens with two attached hydrogens (primary N) is 1. The Hall–Kier alpha value is -2.73. The lowest BCUT2D eigenvalue weighted by molar-refractivity contribution is 0.504. The molecule has 0 radical (unpaired) electrons. The molecule has 6 heteroatoms. The summed E-state index contributed by atoms with van der Waals surface area (Å²) in [5.41, 5.74) is 9.77. The van der Waals surface area contributed by atoms with Crippen molar-refractivity contribution in [1.82, 2.24) is 19.2 Å². The quantitative estimate of drug-likeness (QED) is 0.396. The Morgan fingerprint density at radius 2 is 1.65 bits per heavy atom. The predicted octanol–water partition coefficient (Wildman–Crippen LogP) is 6.18. The third-order valence-electron chi connectivity index (χ3n) is 5.22. The third kappa shape index (κ3) is 6.89. The van der Waals surface area contributed by atoms with Gasteiger partial charge in [-0.15, -0.1) is 0 Å². The predicted molar refractivity (Wildman–Crippen MR) is 128 cm³/mol. The van der Waals surface area contributed by atoms with Crippen LogP contribution < -0.4 is 5.73 Å².